The van der Waals surface area contributed by atoms with Gasteiger partial charge in [-0.3, -0.25) is 0 Å². The Bertz CT molecular complexity index is 477. The average molecular weight is 312 g/mol. The van der Waals surface area contributed by atoms with Gasteiger partial charge in [0.05, 0.1) is 11.8 Å². The molecule has 0 amide bonds. The first-order chi connectivity index (χ1) is 9.79. The SMILES string of the molecule is CC(O)c1ncnc(NC2CCC(C(C)(C)C)CC2)c1Cl. The Morgan fingerprint density at radius 1 is 1.24 bits per heavy atom. The molecule has 0 radical (unpaired) electrons. The molecule has 0 aliphatic heterocycles. The summed E-state index contributed by atoms with van der Waals surface area (Å²) in [4.78, 5) is 8.26. The Hall–Kier alpha value is -0.870. The molecule has 1 fully saturated rings. The van der Waals surface area contributed by atoms with Gasteiger partial charge in [-0.05, 0) is 43.9 Å². The summed E-state index contributed by atoms with van der Waals surface area (Å²) in [6.45, 7) is 8.62. The van der Waals surface area contributed by atoms with Gasteiger partial charge in [-0.25, -0.2) is 9.97 Å². The first-order valence-corrected chi connectivity index (χ1v) is 8.12. The molecular formula is C16H26ClN3O. The van der Waals surface area contributed by atoms with Crippen molar-refractivity contribution < 1.29 is 5.11 Å². The van der Waals surface area contributed by atoms with E-state index in [1.54, 1.807) is 6.92 Å². The number of hydrogen-bond donors (Lipinski definition) is 2. The van der Waals surface area contributed by atoms with Crippen molar-refractivity contribution in [3.8, 4) is 0 Å². The van der Waals surface area contributed by atoms with Crippen molar-refractivity contribution in [3.63, 3.8) is 0 Å². The van der Waals surface area contributed by atoms with Crippen LogP contribution in [0.2, 0.25) is 5.02 Å². The number of nitrogens with one attached hydrogen (secondary N) is 1. The fraction of sp³-hybridized carbons (Fsp3) is 0.750. The van der Waals surface area contributed by atoms with Crippen molar-refractivity contribution in [3.05, 3.63) is 17.0 Å². The van der Waals surface area contributed by atoms with E-state index in [9.17, 15) is 5.11 Å². The summed E-state index contributed by atoms with van der Waals surface area (Å²) < 4.78 is 0. The van der Waals surface area contributed by atoms with Gasteiger partial charge in [-0.1, -0.05) is 32.4 Å². The van der Waals surface area contributed by atoms with Crippen LogP contribution in [0.5, 0.6) is 0 Å². The summed E-state index contributed by atoms with van der Waals surface area (Å²) in [5, 5.41) is 13.5. The first-order valence-electron chi connectivity index (χ1n) is 7.74. The fourth-order valence-electron chi connectivity index (χ4n) is 3.07. The summed E-state index contributed by atoms with van der Waals surface area (Å²) in [7, 11) is 0. The summed E-state index contributed by atoms with van der Waals surface area (Å²) in [5.74, 6) is 1.42. The lowest BCUT2D eigenvalue weighted by atomic mass is 9.71. The van der Waals surface area contributed by atoms with E-state index in [1.165, 1.54) is 19.2 Å². The van der Waals surface area contributed by atoms with E-state index in [4.69, 9.17) is 11.6 Å². The number of aliphatic hydroxyl groups is 1. The largest absolute Gasteiger partial charge is 0.387 e. The molecule has 21 heavy (non-hydrogen) atoms. The van der Waals surface area contributed by atoms with Crippen LogP contribution in [0.1, 0.15) is 65.2 Å². The maximum Gasteiger partial charge on any atom is 0.148 e. The Labute approximate surface area is 132 Å². The second kappa shape index (κ2) is 6.49. The molecule has 1 saturated carbocycles. The zero-order valence-corrected chi connectivity index (χ0v) is 14.1. The molecule has 4 nitrogen and oxygen atoms in total. The highest BCUT2D eigenvalue weighted by molar-refractivity contribution is 6.33. The van der Waals surface area contributed by atoms with Gasteiger partial charge < -0.3 is 10.4 Å². The van der Waals surface area contributed by atoms with Crippen molar-refractivity contribution in [1.29, 1.82) is 0 Å². The van der Waals surface area contributed by atoms with E-state index >= 15 is 0 Å². The highest BCUT2D eigenvalue weighted by atomic mass is 35.5. The predicted octanol–water partition coefficient (Wildman–Crippen LogP) is 4.20. The van der Waals surface area contributed by atoms with Gasteiger partial charge >= 0.3 is 0 Å². The van der Waals surface area contributed by atoms with Crippen LogP contribution in [0.3, 0.4) is 0 Å². The lowest BCUT2D eigenvalue weighted by Gasteiger charge is -2.37. The van der Waals surface area contributed by atoms with Gasteiger partial charge in [-0.15, -0.1) is 0 Å². The average Bonchev–Trinajstić information content (AvgIpc) is 2.40. The Balaban J connectivity index is 2.00. The third-order valence-corrected chi connectivity index (χ3v) is 4.88. The third kappa shape index (κ3) is 4.07. The summed E-state index contributed by atoms with van der Waals surface area (Å²) in [6.07, 6.45) is 5.49. The van der Waals surface area contributed by atoms with Gasteiger partial charge in [0.15, 0.2) is 0 Å². The third-order valence-electron chi connectivity index (χ3n) is 4.50. The van der Waals surface area contributed by atoms with Crippen molar-refractivity contribution in [2.24, 2.45) is 11.3 Å². The number of rotatable bonds is 3. The number of halogens is 1. The van der Waals surface area contributed by atoms with Crippen molar-refractivity contribution in [2.75, 3.05) is 5.32 Å². The molecule has 1 unspecified atom stereocenters. The Morgan fingerprint density at radius 2 is 1.86 bits per heavy atom. The Kier molecular flexibility index (Phi) is 5.10. The van der Waals surface area contributed by atoms with Crippen LogP contribution in [-0.4, -0.2) is 21.1 Å². The molecule has 5 heteroatoms. The normalized spacial score (nSPS) is 24.7. The number of aliphatic hydroxyl groups excluding tert-OH is 1. The second-order valence-corrected chi connectivity index (χ2v) is 7.53. The Morgan fingerprint density at radius 3 is 2.38 bits per heavy atom. The molecule has 118 valence electrons. The first kappa shape index (κ1) is 16.5. The van der Waals surface area contributed by atoms with E-state index in [0.29, 0.717) is 28.0 Å². The second-order valence-electron chi connectivity index (χ2n) is 7.16. The molecule has 0 bridgehead atoms. The summed E-state index contributed by atoms with van der Waals surface area (Å²) in [6, 6.07) is 0.401. The summed E-state index contributed by atoms with van der Waals surface area (Å²) >= 11 is 6.28. The molecule has 2 rings (SSSR count). The zero-order chi connectivity index (χ0) is 15.6. The van der Waals surface area contributed by atoms with E-state index < -0.39 is 6.10 Å². The number of anilines is 1. The lowest BCUT2D eigenvalue weighted by molar-refractivity contribution is 0.173. The molecule has 1 aromatic rings. The monoisotopic (exact) mass is 311 g/mol. The number of nitrogens with zero attached hydrogens (tertiary/aromatic N) is 2. The minimum atomic E-state index is -0.683. The molecule has 2 N–H and O–H groups in total. The van der Waals surface area contributed by atoms with Crippen molar-refractivity contribution in [1.82, 2.24) is 9.97 Å². The molecule has 1 atom stereocenters. The van der Waals surface area contributed by atoms with Crippen LogP contribution in [-0.2, 0) is 0 Å². The molecule has 1 heterocycles. The molecule has 0 saturated heterocycles. The van der Waals surface area contributed by atoms with E-state index in [-0.39, 0.29) is 0 Å². The quantitative estimate of drug-likeness (QED) is 0.878. The molecule has 1 aliphatic carbocycles. The van der Waals surface area contributed by atoms with E-state index in [2.05, 4.69) is 36.1 Å². The minimum Gasteiger partial charge on any atom is -0.387 e. The maximum absolute atomic E-state index is 9.66. The molecule has 1 aromatic heterocycles. The zero-order valence-electron chi connectivity index (χ0n) is 13.4. The van der Waals surface area contributed by atoms with Crippen LogP contribution < -0.4 is 5.32 Å². The van der Waals surface area contributed by atoms with Crippen LogP contribution in [0.15, 0.2) is 6.33 Å². The van der Waals surface area contributed by atoms with Gasteiger partial charge in [-0.2, -0.15) is 0 Å². The standard InChI is InChI=1S/C16H26ClN3O/c1-10(21)14-13(17)15(19-9-18-14)20-12-7-5-11(6-8-12)16(2,3)4/h9-12,21H,5-8H2,1-4H3,(H,18,19,20). The smallest absolute Gasteiger partial charge is 0.148 e. The number of hydrogen-bond acceptors (Lipinski definition) is 4. The topological polar surface area (TPSA) is 58.0 Å². The van der Waals surface area contributed by atoms with Gasteiger partial charge in [0.25, 0.3) is 0 Å². The lowest BCUT2D eigenvalue weighted by Crippen LogP contribution is -2.32. The fourth-order valence-corrected chi connectivity index (χ4v) is 3.38. The maximum atomic E-state index is 9.66. The van der Waals surface area contributed by atoms with E-state index in [1.807, 2.05) is 0 Å². The van der Waals surface area contributed by atoms with Gasteiger partial charge in [0.1, 0.15) is 17.2 Å². The van der Waals surface area contributed by atoms with Crippen molar-refractivity contribution in [2.45, 2.75) is 65.5 Å². The molecule has 0 spiro atoms. The van der Waals surface area contributed by atoms with Gasteiger partial charge in [0.2, 0.25) is 0 Å². The van der Waals surface area contributed by atoms with Crippen LogP contribution in [0, 0.1) is 11.3 Å². The van der Waals surface area contributed by atoms with Crippen LogP contribution in [0.25, 0.3) is 0 Å². The van der Waals surface area contributed by atoms with Gasteiger partial charge in [0, 0.05) is 6.04 Å². The van der Waals surface area contributed by atoms with Crippen molar-refractivity contribution >= 4 is 17.4 Å². The highest BCUT2D eigenvalue weighted by Gasteiger charge is 2.30. The van der Waals surface area contributed by atoms with Crippen LogP contribution >= 0.6 is 11.6 Å². The molecular weight excluding hydrogens is 286 g/mol. The van der Waals surface area contributed by atoms with E-state index in [0.717, 1.165) is 18.8 Å². The number of aromatic nitrogens is 2. The van der Waals surface area contributed by atoms with Crippen LogP contribution in [0.4, 0.5) is 5.82 Å². The highest BCUT2D eigenvalue weighted by Crippen LogP contribution is 2.39. The summed E-state index contributed by atoms with van der Waals surface area (Å²) in [5.41, 5.74) is 0.870. The molecule has 0 aromatic carbocycles. The molecule has 1 aliphatic rings. The predicted molar refractivity (Wildman–Crippen MR) is 86.5 cm³/mol. The minimum absolute atomic E-state index is 0.386.